The number of alkyl halides is 3. The van der Waals surface area contributed by atoms with Crippen LogP contribution in [0.25, 0.3) is 32.1 Å². The van der Waals surface area contributed by atoms with Crippen LogP contribution >= 0.6 is 11.3 Å². The van der Waals surface area contributed by atoms with Crippen molar-refractivity contribution in [1.29, 1.82) is 0 Å². The first-order valence-electron chi connectivity index (χ1n) is 13.5. The number of hydrogen-bond acceptors (Lipinski definition) is 9. The molecule has 0 radical (unpaired) electrons. The molecule has 0 aliphatic carbocycles. The highest BCUT2D eigenvalue weighted by atomic mass is 32.2. The van der Waals surface area contributed by atoms with Gasteiger partial charge in [0.05, 0.1) is 9.77 Å². The highest BCUT2D eigenvalue weighted by Gasteiger charge is 2.39. The number of likely N-dealkylation sites (tertiary alicyclic amines) is 1. The number of piperidine rings is 1. The molecule has 10 nitrogen and oxygen atoms in total. The van der Waals surface area contributed by atoms with Crippen LogP contribution in [0.5, 0.6) is 0 Å². The smallest absolute Gasteiger partial charge is 0.404 e. The Morgan fingerprint density at radius 3 is 2.37 bits per heavy atom. The van der Waals surface area contributed by atoms with Gasteiger partial charge in [-0.15, -0.1) is 21.5 Å². The van der Waals surface area contributed by atoms with E-state index in [2.05, 4.69) is 22.1 Å². The van der Waals surface area contributed by atoms with Crippen LogP contribution in [0.4, 0.5) is 13.2 Å². The normalized spacial score (nSPS) is 16.1. The summed E-state index contributed by atoms with van der Waals surface area (Å²) >= 11 is 1.07. The average molecular weight is 638 g/mol. The topological polar surface area (TPSA) is 139 Å². The molecule has 1 amide bonds. The third-order valence-corrected chi connectivity index (χ3v) is 9.95. The van der Waals surface area contributed by atoms with Gasteiger partial charge in [0.2, 0.25) is 15.9 Å². The van der Waals surface area contributed by atoms with Gasteiger partial charge in [-0.3, -0.25) is 4.79 Å². The molecule has 1 aliphatic heterocycles. The zero-order valence-electron chi connectivity index (χ0n) is 23.8. The van der Waals surface area contributed by atoms with E-state index in [1.807, 2.05) is 0 Å². The molecule has 1 aliphatic rings. The number of hydrogen-bond donors (Lipinski definition) is 2. The zero-order valence-corrected chi connectivity index (χ0v) is 25.4. The lowest BCUT2D eigenvalue weighted by Gasteiger charge is -2.30. The fourth-order valence-electron chi connectivity index (χ4n) is 4.72. The van der Waals surface area contributed by atoms with Gasteiger partial charge in [-0.1, -0.05) is 37.3 Å². The van der Waals surface area contributed by atoms with Crippen molar-refractivity contribution in [3.05, 3.63) is 48.0 Å². The van der Waals surface area contributed by atoms with Gasteiger partial charge in [-0.25, -0.2) is 13.4 Å². The van der Waals surface area contributed by atoms with Gasteiger partial charge in [-0.05, 0) is 51.0 Å². The zero-order chi connectivity index (χ0) is 31.3. The average Bonchev–Trinajstić information content (AvgIpc) is 3.60. The van der Waals surface area contributed by atoms with Crippen molar-refractivity contribution in [1.82, 2.24) is 24.8 Å². The molecule has 3 heterocycles. The number of rotatable bonds is 7. The summed E-state index contributed by atoms with van der Waals surface area (Å²) in [5.74, 6) is 0.0922. The number of carbonyl (C=O) groups excluding carboxylic acids is 1. The van der Waals surface area contributed by atoms with Crippen molar-refractivity contribution >= 4 is 38.0 Å². The van der Waals surface area contributed by atoms with Crippen LogP contribution in [-0.2, 0) is 15.6 Å². The molecule has 2 aromatic carbocycles. The minimum atomic E-state index is -4.77. The monoisotopic (exact) mass is 637 g/mol. The Hall–Kier alpha value is -3.40. The number of thiazole rings is 1. The summed E-state index contributed by atoms with van der Waals surface area (Å²) in [6.07, 6.45) is -3.12. The van der Waals surface area contributed by atoms with Crippen molar-refractivity contribution in [2.45, 2.75) is 63.3 Å². The fraction of sp³-hybridized carbons (Fsp3) is 0.429. The summed E-state index contributed by atoms with van der Waals surface area (Å²) in [4.78, 5) is 20.2. The van der Waals surface area contributed by atoms with Crippen LogP contribution in [0, 0.1) is 5.92 Å². The molecule has 1 atom stereocenters. The van der Waals surface area contributed by atoms with Crippen molar-refractivity contribution in [3.63, 3.8) is 0 Å². The summed E-state index contributed by atoms with van der Waals surface area (Å²) in [6.45, 7) is 6.89. The highest BCUT2D eigenvalue weighted by Crippen LogP contribution is 2.41. The minimum Gasteiger partial charge on any atom is -0.415 e. The van der Waals surface area contributed by atoms with E-state index < -0.39 is 27.8 Å². The predicted octanol–water partition coefficient (Wildman–Crippen LogP) is 5.34. The lowest BCUT2D eigenvalue weighted by Crippen LogP contribution is -2.43. The van der Waals surface area contributed by atoms with Gasteiger partial charge in [0.15, 0.2) is 5.01 Å². The Kier molecular flexibility index (Phi) is 8.13. The Morgan fingerprint density at radius 1 is 1.12 bits per heavy atom. The first-order chi connectivity index (χ1) is 20.1. The second-order valence-corrected chi connectivity index (χ2v) is 13.9. The summed E-state index contributed by atoms with van der Waals surface area (Å²) in [5.41, 5.74) is -0.857. The van der Waals surface area contributed by atoms with E-state index in [1.54, 1.807) is 27.8 Å². The largest absolute Gasteiger partial charge is 0.415 e. The number of carbonyl (C=O) groups is 1. The van der Waals surface area contributed by atoms with Crippen LogP contribution in [-0.4, -0.2) is 64.8 Å². The van der Waals surface area contributed by atoms with Crippen molar-refractivity contribution in [3.8, 4) is 21.3 Å². The van der Waals surface area contributed by atoms with E-state index in [0.29, 0.717) is 34.8 Å². The SMILES string of the molecule is CC1CCN(C(=O)c2nc(-c3nnc(C(C)(C)O)o3)sc2-c2ccc(S(=O)(=O)N[C@@H](C)C(F)(F)F)c3ccccc23)CC1. The van der Waals surface area contributed by atoms with Crippen molar-refractivity contribution in [2.75, 3.05) is 13.1 Å². The minimum absolute atomic E-state index is 0.0106. The van der Waals surface area contributed by atoms with Crippen LogP contribution in [0.15, 0.2) is 45.7 Å². The number of sulfonamides is 1. The molecule has 1 fully saturated rings. The van der Waals surface area contributed by atoms with Crippen LogP contribution in [0.1, 0.15) is 56.9 Å². The van der Waals surface area contributed by atoms with E-state index in [4.69, 9.17) is 4.42 Å². The number of nitrogens with zero attached hydrogens (tertiary/aromatic N) is 4. The van der Waals surface area contributed by atoms with Gasteiger partial charge >= 0.3 is 6.18 Å². The lowest BCUT2D eigenvalue weighted by atomic mass is 9.98. The lowest BCUT2D eigenvalue weighted by molar-refractivity contribution is -0.147. The predicted molar refractivity (Wildman–Crippen MR) is 154 cm³/mol. The molecule has 1 saturated heterocycles. The molecule has 43 heavy (non-hydrogen) atoms. The molecule has 0 unspecified atom stereocenters. The molecule has 0 saturated carbocycles. The molecular formula is C28H30F3N5O5S2. The molecule has 2 aromatic heterocycles. The van der Waals surface area contributed by atoms with E-state index in [-0.39, 0.29) is 38.7 Å². The molecule has 0 bridgehead atoms. The quantitative estimate of drug-likeness (QED) is 0.277. The number of amides is 1. The Labute approximate surface area is 250 Å². The fourth-order valence-corrected chi connectivity index (χ4v) is 7.18. The van der Waals surface area contributed by atoms with Gasteiger partial charge < -0.3 is 14.4 Å². The van der Waals surface area contributed by atoms with Gasteiger partial charge in [-0.2, -0.15) is 17.9 Å². The Balaban J connectivity index is 1.65. The van der Waals surface area contributed by atoms with Gasteiger partial charge in [0, 0.05) is 24.0 Å². The molecule has 230 valence electrons. The molecule has 0 spiro atoms. The Morgan fingerprint density at radius 2 is 1.77 bits per heavy atom. The molecule has 2 N–H and O–H groups in total. The second-order valence-electron chi connectivity index (χ2n) is 11.2. The van der Waals surface area contributed by atoms with Crippen molar-refractivity contribution < 1.29 is 35.9 Å². The third kappa shape index (κ3) is 6.30. The number of fused-ring (bicyclic) bond motifs is 1. The van der Waals surface area contributed by atoms with E-state index in [0.717, 1.165) is 31.1 Å². The number of aromatic nitrogens is 3. The van der Waals surface area contributed by atoms with E-state index >= 15 is 0 Å². The number of nitrogens with one attached hydrogen (secondary N) is 1. The second kappa shape index (κ2) is 11.3. The summed E-state index contributed by atoms with van der Waals surface area (Å²) in [7, 11) is -4.58. The van der Waals surface area contributed by atoms with E-state index in [1.165, 1.54) is 32.0 Å². The Bertz CT molecular complexity index is 1770. The first-order valence-corrected chi connectivity index (χ1v) is 15.8. The van der Waals surface area contributed by atoms with Crippen LogP contribution in [0.2, 0.25) is 0 Å². The molecule has 4 aromatic rings. The maximum Gasteiger partial charge on any atom is 0.404 e. The summed E-state index contributed by atoms with van der Waals surface area (Å²) < 4.78 is 73.2. The summed E-state index contributed by atoms with van der Waals surface area (Å²) in [6, 6.07) is 6.74. The standard InChI is InChI=1S/C28H30F3N5O5S2/c1-15-11-13-36(14-12-15)25(37)21-22(42-24(32-21)23-33-34-26(41-23)27(3,4)38)19-9-10-20(18-8-6-5-7-17(18)19)43(39,40)35-16(2)28(29,30)31/h5-10,15-16,35,38H,11-14H2,1-4H3/t16-/m0/s1. The van der Waals surface area contributed by atoms with Crippen LogP contribution in [0.3, 0.4) is 0 Å². The van der Waals surface area contributed by atoms with Crippen LogP contribution < -0.4 is 4.72 Å². The number of benzene rings is 2. The maximum atomic E-state index is 13.8. The molecular weight excluding hydrogens is 607 g/mol. The number of halogens is 3. The van der Waals surface area contributed by atoms with Gasteiger partial charge in [0.25, 0.3) is 11.8 Å². The van der Waals surface area contributed by atoms with Gasteiger partial charge in [0.1, 0.15) is 17.3 Å². The van der Waals surface area contributed by atoms with E-state index in [9.17, 15) is 31.5 Å². The third-order valence-electron chi connectivity index (χ3n) is 7.27. The first kappa shape index (κ1) is 31.0. The molecule has 15 heteroatoms. The van der Waals surface area contributed by atoms with Crippen molar-refractivity contribution in [2.24, 2.45) is 5.92 Å². The summed E-state index contributed by atoms with van der Waals surface area (Å²) in [5, 5.41) is 19.0. The molecule has 5 rings (SSSR count). The maximum absolute atomic E-state index is 13.8. The number of aliphatic hydroxyl groups is 1. The highest BCUT2D eigenvalue weighted by molar-refractivity contribution is 7.89.